The van der Waals surface area contributed by atoms with Crippen LogP contribution in [0.15, 0.2) is 72.8 Å². The van der Waals surface area contributed by atoms with E-state index in [1.165, 1.54) is 36.4 Å². The third-order valence-electron chi connectivity index (χ3n) is 6.74. The lowest BCUT2D eigenvalue weighted by Gasteiger charge is -2.42. The van der Waals surface area contributed by atoms with Crippen LogP contribution in [0.2, 0.25) is 0 Å². The second-order valence-corrected chi connectivity index (χ2v) is 8.93. The third kappa shape index (κ3) is 5.86. The second kappa shape index (κ2) is 11.0. The van der Waals surface area contributed by atoms with Gasteiger partial charge < -0.3 is 19.8 Å². The van der Waals surface area contributed by atoms with Gasteiger partial charge in [-0.15, -0.1) is 0 Å². The van der Waals surface area contributed by atoms with E-state index in [2.05, 4.69) is 4.90 Å². The number of halogens is 2. The largest absolute Gasteiger partial charge is 0.494 e. The van der Waals surface area contributed by atoms with Gasteiger partial charge in [0.1, 0.15) is 23.0 Å². The quantitative estimate of drug-likeness (QED) is 0.417. The molecule has 1 aliphatic heterocycles. The van der Waals surface area contributed by atoms with Crippen molar-refractivity contribution in [3.63, 3.8) is 0 Å². The Morgan fingerprint density at radius 1 is 0.886 bits per heavy atom. The Morgan fingerprint density at radius 2 is 1.40 bits per heavy atom. The lowest BCUT2D eigenvalue weighted by atomic mass is 9.72. The van der Waals surface area contributed by atoms with Gasteiger partial charge in [-0.2, -0.15) is 0 Å². The smallest absolute Gasteiger partial charge is 0.335 e. The lowest BCUT2D eigenvalue weighted by molar-refractivity contribution is -0.0147. The molecule has 4 rings (SSSR count). The highest BCUT2D eigenvalue weighted by Crippen LogP contribution is 2.42. The summed E-state index contributed by atoms with van der Waals surface area (Å²) >= 11 is 0. The number of ether oxygens (including phenoxy) is 1. The van der Waals surface area contributed by atoms with Crippen LogP contribution >= 0.6 is 0 Å². The monoisotopic (exact) mass is 481 g/mol. The van der Waals surface area contributed by atoms with Gasteiger partial charge in [0.2, 0.25) is 0 Å². The maximum Gasteiger partial charge on any atom is 0.335 e. The molecule has 1 fully saturated rings. The van der Waals surface area contributed by atoms with Crippen LogP contribution in [0.1, 0.15) is 40.7 Å². The minimum Gasteiger partial charge on any atom is -0.494 e. The van der Waals surface area contributed by atoms with Crippen LogP contribution in [-0.2, 0) is 5.60 Å². The average Bonchev–Trinajstić information content (AvgIpc) is 2.87. The number of carboxylic acids is 1. The molecule has 184 valence electrons. The van der Waals surface area contributed by atoms with Gasteiger partial charge >= 0.3 is 5.97 Å². The SMILES string of the molecule is O=C(O)c1ccc(OCCCN2CCC(C(O)(c3ccc(F)cc3)c3ccc(F)cc3)CC2)cc1. The van der Waals surface area contributed by atoms with E-state index < -0.39 is 11.6 Å². The van der Waals surface area contributed by atoms with Crippen molar-refractivity contribution in [2.24, 2.45) is 5.92 Å². The van der Waals surface area contributed by atoms with Crippen LogP contribution in [0.25, 0.3) is 0 Å². The molecule has 7 heteroatoms. The molecule has 35 heavy (non-hydrogen) atoms. The predicted molar refractivity (Wildman–Crippen MR) is 128 cm³/mol. The van der Waals surface area contributed by atoms with E-state index in [1.807, 2.05) is 0 Å². The summed E-state index contributed by atoms with van der Waals surface area (Å²) in [4.78, 5) is 13.3. The molecule has 0 aromatic heterocycles. The molecule has 0 radical (unpaired) electrons. The molecular formula is C28H29F2NO4. The fourth-order valence-electron chi connectivity index (χ4n) is 4.79. The molecular weight excluding hydrogens is 452 g/mol. The third-order valence-corrected chi connectivity index (χ3v) is 6.74. The maximum atomic E-state index is 13.6. The van der Waals surface area contributed by atoms with E-state index in [0.29, 0.717) is 23.5 Å². The van der Waals surface area contributed by atoms with Gasteiger partial charge in [-0.1, -0.05) is 24.3 Å². The zero-order valence-electron chi connectivity index (χ0n) is 19.4. The van der Waals surface area contributed by atoms with Crippen molar-refractivity contribution in [3.8, 4) is 5.75 Å². The number of piperidine rings is 1. The molecule has 0 bridgehead atoms. The molecule has 3 aromatic carbocycles. The highest BCUT2D eigenvalue weighted by molar-refractivity contribution is 5.87. The number of carbonyl (C=O) groups is 1. The molecule has 2 N–H and O–H groups in total. The summed E-state index contributed by atoms with van der Waals surface area (Å²) in [5.74, 6) is -1.17. The van der Waals surface area contributed by atoms with Crippen LogP contribution in [-0.4, -0.2) is 47.3 Å². The first-order valence-electron chi connectivity index (χ1n) is 11.8. The van der Waals surface area contributed by atoms with Gasteiger partial charge in [-0.05, 0) is 97.9 Å². The number of rotatable bonds is 9. The van der Waals surface area contributed by atoms with Crippen LogP contribution in [0.4, 0.5) is 8.78 Å². The van der Waals surface area contributed by atoms with Gasteiger partial charge in [0.15, 0.2) is 0 Å². The van der Waals surface area contributed by atoms with Crippen molar-refractivity contribution in [1.29, 1.82) is 0 Å². The van der Waals surface area contributed by atoms with Crippen LogP contribution < -0.4 is 4.74 Å². The molecule has 0 aliphatic carbocycles. The molecule has 0 saturated carbocycles. The van der Waals surface area contributed by atoms with E-state index >= 15 is 0 Å². The summed E-state index contributed by atoms with van der Waals surface area (Å²) in [6, 6.07) is 18.1. The first-order valence-corrected chi connectivity index (χ1v) is 11.8. The molecule has 0 spiro atoms. The Kier molecular flexibility index (Phi) is 7.78. The number of carboxylic acid groups (broad SMARTS) is 1. The highest BCUT2D eigenvalue weighted by Gasteiger charge is 2.41. The van der Waals surface area contributed by atoms with Gasteiger partial charge in [-0.3, -0.25) is 0 Å². The summed E-state index contributed by atoms with van der Waals surface area (Å²) in [5, 5.41) is 20.9. The van der Waals surface area contributed by atoms with Crippen molar-refractivity contribution < 1.29 is 28.5 Å². The minimum absolute atomic E-state index is 0.0985. The Morgan fingerprint density at radius 3 is 1.89 bits per heavy atom. The van der Waals surface area contributed by atoms with Gasteiger partial charge in [0, 0.05) is 6.54 Å². The van der Waals surface area contributed by atoms with Crippen LogP contribution in [0, 0.1) is 17.6 Å². The fraction of sp³-hybridized carbons (Fsp3) is 0.321. The maximum absolute atomic E-state index is 13.6. The normalized spacial score (nSPS) is 15.2. The summed E-state index contributed by atoms with van der Waals surface area (Å²) < 4.78 is 32.8. The Balaban J connectivity index is 1.34. The number of nitrogens with zero attached hydrogens (tertiary/aromatic N) is 1. The highest BCUT2D eigenvalue weighted by atomic mass is 19.1. The van der Waals surface area contributed by atoms with Crippen LogP contribution in [0.3, 0.4) is 0 Å². The first-order chi connectivity index (χ1) is 16.9. The van der Waals surface area contributed by atoms with Crippen molar-refractivity contribution in [2.75, 3.05) is 26.2 Å². The van der Waals surface area contributed by atoms with E-state index in [0.717, 1.165) is 38.9 Å². The fourth-order valence-corrected chi connectivity index (χ4v) is 4.79. The zero-order valence-corrected chi connectivity index (χ0v) is 19.4. The van der Waals surface area contributed by atoms with Gasteiger partial charge in [-0.25, -0.2) is 13.6 Å². The first kappa shape index (κ1) is 24.8. The van der Waals surface area contributed by atoms with Crippen molar-refractivity contribution in [3.05, 3.63) is 101 Å². The standard InChI is InChI=1S/C28H29F2NO4/c29-24-8-4-21(5-9-24)28(34,22-6-10-25(30)11-7-22)23-14-17-31(18-15-23)16-1-19-35-26-12-2-20(3-13-26)27(32)33/h2-13,23,34H,1,14-19H2,(H,32,33). The van der Waals surface area contributed by atoms with Gasteiger partial charge in [0.05, 0.1) is 12.2 Å². The molecule has 1 aliphatic rings. The second-order valence-electron chi connectivity index (χ2n) is 8.93. The Hall–Kier alpha value is -3.29. The van der Waals surface area contributed by atoms with E-state index in [9.17, 15) is 18.7 Å². The van der Waals surface area contributed by atoms with Crippen molar-refractivity contribution >= 4 is 5.97 Å². The lowest BCUT2D eigenvalue weighted by Crippen LogP contribution is -2.44. The molecule has 0 amide bonds. The zero-order chi connectivity index (χ0) is 24.8. The number of likely N-dealkylation sites (tertiary alicyclic amines) is 1. The summed E-state index contributed by atoms with van der Waals surface area (Å²) in [6.07, 6.45) is 2.29. The van der Waals surface area contributed by atoms with Gasteiger partial charge in [0.25, 0.3) is 0 Å². The molecule has 1 heterocycles. The number of benzene rings is 3. The average molecular weight is 482 g/mol. The summed E-state index contributed by atoms with van der Waals surface area (Å²) in [5.41, 5.74) is 0.0950. The van der Waals surface area contributed by atoms with E-state index in [4.69, 9.17) is 9.84 Å². The van der Waals surface area contributed by atoms with E-state index in [-0.39, 0.29) is 23.1 Å². The predicted octanol–water partition coefficient (Wildman–Crippen LogP) is 5.08. The number of aromatic carboxylic acids is 1. The Bertz CT molecular complexity index is 1060. The van der Waals surface area contributed by atoms with Crippen molar-refractivity contribution in [2.45, 2.75) is 24.9 Å². The topological polar surface area (TPSA) is 70.0 Å². The van der Waals surface area contributed by atoms with Crippen LogP contribution in [0.5, 0.6) is 5.75 Å². The molecule has 3 aromatic rings. The Labute approximate surface area is 203 Å². The molecule has 1 saturated heterocycles. The molecule has 0 unspecified atom stereocenters. The van der Waals surface area contributed by atoms with Crippen molar-refractivity contribution in [1.82, 2.24) is 4.90 Å². The number of hydrogen-bond acceptors (Lipinski definition) is 4. The number of hydrogen-bond donors (Lipinski definition) is 2. The van der Waals surface area contributed by atoms with E-state index in [1.54, 1.807) is 36.4 Å². The minimum atomic E-state index is -1.33. The summed E-state index contributed by atoms with van der Waals surface area (Å²) in [7, 11) is 0. The summed E-state index contributed by atoms with van der Waals surface area (Å²) in [6.45, 7) is 2.94. The molecule has 5 nitrogen and oxygen atoms in total. The number of aliphatic hydroxyl groups is 1. The molecule has 0 atom stereocenters.